The second kappa shape index (κ2) is 13.1. The van der Waals surface area contributed by atoms with Crippen LogP contribution in [0.3, 0.4) is 0 Å². The van der Waals surface area contributed by atoms with E-state index < -0.39 is 0 Å². The first-order valence-electron chi connectivity index (χ1n) is 13.3. The number of amides is 2. The third-order valence-electron chi connectivity index (χ3n) is 6.81. The van der Waals surface area contributed by atoms with Crippen molar-refractivity contribution in [3.63, 3.8) is 0 Å². The molecule has 5 rings (SSSR count). The van der Waals surface area contributed by atoms with Crippen molar-refractivity contribution < 1.29 is 19.1 Å². The molecule has 2 amide bonds. The molecule has 1 fully saturated rings. The minimum absolute atomic E-state index is 0.114. The van der Waals surface area contributed by atoms with Crippen LogP contribution in [0.5, 0.6) is 5.75 Å². The van der Waals surface area contributed by atoms with Crippen molar-refractivity contribution in [1.82, 2.24) is 19.4 Å². The normalized spacial score (nSPS) is 13.5. The lowest BCUT2D eigenvalue weighted by Gasteiger charge is -2.30. The van der Waals surface area contributed by atoms with Crippen LogP contribution in [0, 0.1) is 0 Å². The molecule has 0 aliphatic carbocycles. The quantitative estimate of drug-likeness (QED) is 0.328. The van der Waals surface area contributed by atoms with E-state index in [1.807, 2.05) is 71.4 Å². The number of carbonyl (C=O) groups excluding carboxylic acids is 2. The van der Waals surface area contributed by atoms with Crippen molar-refractivity contribution in [3.05, 3.63) is 96.7 Å². The molecule has 1 aliphatic rings. The van der Waals surface area contributed by atoms with Gasteiger partial charge in [0, 0.05) is 49.2 Å². The Morgan fingerprint density at radius 2 is 1.62 bits per heavy atom. The van der Waals surface area contributed by atoms with Gasteiger partial charge in [-0.2, -0.15) is 0 Å². The molecule has 206 valence electrons. The van der Waals surface area contributed by atoms with E-state index in [0.29, 0.717) is 43.6 Å². The number of aromatic nitrogens is 2. The molecule has 3 aromatic carbocycles. The van der Waals surface area contributed by atoms with Crippen LogP contribution in [-0.4, -0.2) is 84.2 Å². The standard InChI is InChI=1S/C31H33N5O4/c1-39-27-14-12-25(13-15-27)30(38)35(17-16-34-18-20-40-21-19-34)23-29(37)33-31-32-28(24-8-4-2-5-9-24)22-36(31)26-10-6-3-7-11-26/h2-15,22H,16-21,23H2,1H3,(H,32,33,37). The van der Waals surface area contributed by atoms with Gasteiger partial charge in [-0.3, -0.25) is 24.4 Å². The Labute approximate surface area is 234 Å². The molecule has 0 atom stereocenters. The maximum absolute atomic E-state index is 13.5. The summed E-state index contributed by atoms with van der Waals surface area (Å²) < 4.78 is 12.5. The molecule has 1 N–H and O–H groups in total. The van der Waals surface area contributed by atoms with Gasteiger partial charge >= 0.3 is 0 Å². The van der Waals surface area contributed by atoms with Gasteiger partial charge in [-0.25, -0.2) is 4.98 Å². The molecule has 40 heavy (non-hydrogen) atoms. The summed E-state index contributed by atoms with van der Waals surface area (Å²) in [6.45, 7) is 3.87. The first kappa shape index (κ1) is 27.1. The number of methoxy groups -OCH3 is 1. The number of hydrogen-bond donors (Lipinski definition) is 1. The number of carbonyl (C=O) groups is 2. The van der Waals surface area contributed by atoms with Crippen molar-refractivity contribution in [2.24, 2.45) is 0 Å². The van der Waals surface area contributed by atoms with Gasteiger partial charge in [0.2, 0.25) is 11.9 Å². The van der Waals surface area contributed by atoms with Gasteiger partial charge in [0.05, 0.1) is 26.0 Å². The zero-order chi connectivity index (χ0) is 27.7. The molecule has 9 heteroatoms. The average molecular weight is 540 g/mol. The van der Waals surface area contributed by atoms with Crippen LogP contribution >= 0.6 is 0 Å². The molecule has 0 unspecified atom stereocenters. The Hall–Kier alpha value is -4.47. The van der Waals surface area contributed by atoms with Gasteiger partial charge in [-0.15, -0.1) is 0 Å². The lowest BCUT2D eigenvalue weighted by Crippen LogP contribution is -2.45. The van der Waals surface area contributed by atoms with Crippen LogP contribution in [0.25, 0.3) is 16.9 Å². The lowest BCUT2D eigenvalue weighted by atomic mass is 10.2. The zero-order valence-electron chi connectivity index (χ0n) is 22.5. The number of imidazole rings is 1. The van der Waals surface area contributed by atoms with E-state index >= 15 is 0 Å². The first-order valence-corrected chi connectivity index (χ1v) is 13.3. The molecule has 2 heterocycles. The van der Waals surface area contributed by atoms with Crippen molar-refractivity contribution >= 4 is 17.8 Å². The van der Waals surface area contributed by atoms with E-state index in [0.717, 1.165) is 30.0 Å². The topological polar surface area (TPSA) is 88.9 Å². The maximum Gasteiger partial charge on any atom is 0.254 e. The van der Waals surface area contributed by atoms with E-state index in [9.17, 15) is 9.59 Å². The van der Waals surface area contributed by atoms with Crippen LogP contribution < -0.4 is 10.1 Å². The van der Waals surface area contributed by atoms with E-state index in [4.69, 9.17) is 14.5 Å². The predicted octanol–water partition coefficient (Wildman–Crippen LogP) is 3.96. The summed E-state index contributed by atoms with van der Waals surface area (Å²) >= 11 is 0. The predicted molar refractivity (Wildman–Crippen MR) is 154 cm³/mol. The Balaban J connectivity index is 1.36. The minimum Gasteiger partial charge on any atom is -0.497 e. The number of anilines is 1. The highest BCUT2D eigenvalue weighted by Gasteiger charge is 2.22. The van der Waals surface area contributed by atoms with Crippen molar-refractivity contribution in [1.29, 1.82) is 0 Å². The summed E-state index contributed by atoms with van der Waals surface area (Å²) in [4.78, 5) is 35.5. The average Bonchev–Trinajstić information content (AvgIpc) is 3.44. The molecule has 4 aromatic rings. The number of morpholine rings is 1. The summed E-state index contributed by atoms with van der Waals surface area (Å²) in [5, 5.41) is 2.96. The first-order chi connectivity index (χ1) is 19.6. The van der Waals surface area contributed by atoms with Gasteiger partial charge in [-0.05, 0) is 36.4 Å². The SMILES string of the molecule is COc1ccc(C(=O)N(CCN2CCOCC2)CC(=O)Nc2nc(-c3ccccc3)cn2-c2ccccc2)cc1. The third kappa shape index (κ3) is 6.74. The summed E-state index contributed by atoms with van der Waals surface area (Å²) in [6, 6.07) is 26.4. The van der Waals surface area contributed by atoms with Crippen LogP contribution in [0.15, 0.2) is 91.1 Å². The summed E-state index contributed by atoms with van der Waals surface area (Å²) in [6.07, 6.45) is 1.90. The lowest BCUT2D eigenvalue weighted by molar-refractivity contribution is -0.117. The highest BCUT2D eigenvalue weighted by atomic mass is 16.5. The monoisotopic (exact) mass is 539 g/mol. The van der Waals surface area contributed by atoms with E-state index in [1.54, 1.807) is 36.3 Å². The van der Waals surface area contributed by atoms with Crippen LogP contribution in [0.1, 0.15) is 10.4 Å². The van der Waals surface area contributed by atoms with E-state index in [-0.39, 0.29) is 18.4 Å². The Morgan fingerprint density at radius 1 is 0.950 bits per heavy atom. The van der Waals surface area contributed by atoms with E-state index in [1.165, 1.54) is 0 Å². The summed E-state index contributed by atoms with van der Waals surface area (Å²) in [5.74, 6) is 0.505. The second-order valence-corrected chi connectivity index (χ2v) is 9.48. The molecule has 9 nitrogen and oxygen atoms in total. The van der Waals surface area contributed by atoms with E-state index in [2.05, 4.69) is 10.2 Å². The number of benzene rings is 3. The number of nitrogens with zero attached hydrogens (tertiary/aromatic N) is 4. The maximum atomic E-state index is 13.5. The molecule has 1 aliphatic heterocycles. The fraction of sp³-hybridized carbons (Fsp3) is 0.258. The fourth-order valence-electron chi connectivity index (χ4n) is 4.59. The number of rotatable bonds is 10. The molecule has 1 saturated heterocycles. The van der Waals surface area contributed by atoms with Crippen molar-refractivity contribution in [2.45, 2.75) is 0 Å². The zero-order valence-corrected chi connectivity index (χ0v) is 22.5. The fourth-order valence-corrected chi connectivity index (χ4v) is 4.59. The number of nitrogens with one attached hydrogen (secondary N) is 1. The third-order valence-corrected chi connectivity index (χ3v) is 6.81. The Bertz CT molecular complexity index is 1400. The highest BCUT2D eigenvalue weighted by molar-refractivity contribution is 5.99. The van der Waals surface area contributed by atoms with Crippen LogP contribution in [0.2, 0.25) is 0 Å². The molecule has 0 bridgehead atoms. The Morgan fingerprint density at radius 3 is 2.30 bits per heavy atom. The van der Waals surface area contributed by atoms with Crippen molar-refractivity contribution in [3.8, 4) is 22.7 Å². The number of ether oxygens (including phenoxy) is 2. The van der Waals surface area contributed by atoms with Crippen LogP contribution in [0.4, 0.5) is 5.95 Å². The molecule has 0 radical (unpaired) electrons. The molecule has 1 aromatic heterocycles. The van der Waals surface area contributed by atoms with Gasteiger partial charge in [0.25, 0.3) is 5.91 Å². The largest absolute Gasteiger partial charge is 0.497 e. The van der Waals surface area contributed by atoms with Gasteiger partial charge in [0.15, 0.2) is 0 Å². The summed E-state index contributed by atoms with van der Waals surface area (Å²) in [7, 11) is 1.58. The number of para-hydroxylation sites is 1. The molecular weight excluding hydrogens is 506 g/mol. The van der Waals surface area contributed by atoms with Gasteiger partial charge < -0.3 is 14.4 Å². The molecule has 0 spiro atoms. The van der Waals surface area contributed by atoms with Crippen LogP contribution in [-0.2, 0) is 9.53 Å². The Kier molecular flexibility index (Phi) is 8.85. The van der Waals surface area contributed by atoms with Gasteiger partial charge in [0.1, 0.15) is 12.3 Å². The smallest absolute Gasteiger partial charge is 0.254 e. The molecule has 0 saturated carbocycles. The minimum atomic E-state index is -0.328. The number of hydrogen-bond acceptors (Lipinski definition) is 6. The summed E-state index contributed by atoms with van der Waals surface area (Å²) in [5.41, 5.74) is 3.03. The van der Waals surface area contributed by atoms with Crippen molar-refractivity contribution in [2.75, 3.05) is 58.4 Å². The second-order valence-electron chi connectivity index (χ2n) is 9.48. The molecular formula is C31H33N5O4. The highest BCUT2D eigenvalue weighted by Crippen LogP contribution is 2.24. The van der Waals surface area contributed by atoms with Gasteiger partial charge in [-0.1, -0.05) is 48.5 Å².